The minimum atomic E-state index is 0.166. The number of amidine groups is 1. The predicted molar refractivity (Wildman–Crippen MR) is 53.7 cm³/mol. The molecule has 4 heteroatoms. The lowest BCUT2D eigenvalue weighted by Gasteiger charge is -1.97. The number of aliphatic imine (C=N–C) groups is 1. The topological polar surface area (TPSA) is 62.2 Å². The highest BCUT2D eigenvalue weighted by Crippen LogP contribution is 2.11. The SMILES string of the molecule is N=C(N=CN)c1cccc(Br)c1. The molecule has 0 amide bonds. The molecular weight excluding hydrogens is 218 g/mol. The maximum absolute atomic E-state index is 7.43. The van der Waals surface area contributed by atoms with Crippen molar-refractivity contribution >= 4 is 28.1 Å². The Balaban J connectivity index is 2.96. The highest BCUT2D eigenvalue weighted by atomic mass is 79.9. The van der Waals surface area contributed by atoms with E-state index in [-0.39, 0.29) is 5.84 Å². The molecule has 0 radical (unpaired) electrons. The maximum Gasteiger partial charge on any atom is 0.153 e. The predicted octanol–water partition coefficient (Wildman–Crippen LogP) is 1.76. The second-order valence-corrected chi connectivity index (χ2v) is 3.05. The molecule has 1 aromatic carbocycles. The van der Waals surface area contributed by atoms with Crippen molar-refractivity contribution in [3.05, 3.63) is 34.3 Å². The van der Waals surface area contributed by atoms with Gasteiger partial charge in [-0.2, -0.15) is 0 Å². The second-order valence-electron chi connectivity index (χ2n) is 2.14. The van der Waals surface area contributed by atoms with Crippen LogP contribution in [0.3, 0.4) is 0 Å². The van der Waals surface area contributed by atoms with Crippen LogP contribution >= 0.6 is 15.9 Å². The van der Waals surface area contributed by atoms with Crippen LogP contribution in [0.1, 0.15) is 5.56 Å². The molecule has 1 rings (SSSR count). The fourth-order valence-corrected chi connectivity index (χ4v) is 1.18. The van der Waals surface area contributed by atoms with Crippen LogP contribution in [0.25, 0.3) is 0 Å². The van der Waals surface area contributed by atoms with E-state index in [2.05, 4.69) is 20.9 Å². The smallest absolute Gasteiger partial charge is 0.153 e. The Morgan fingerprint density at radius 2 is 2.33 bits per heavy atom. The van der Waals surface area contributed by atoms with Gasteiger partial charge in [0.1, 0.15) is 0 Å². The van der Waals surface area contributed by atoms with Gasteiger partial charge in [-0.05, 0) is 12.1 Å². The molecule has 0 bridgehead atoms. The van der Waals surface area contributed by atoms with Gasteiger partial charge >= 0.3 is 0 Å². The molecule has 0 unspecified atom stereocenters. The van der Waals surface area contributed by atoms with E-state index in [9.17, 15) is 0 Å². The van der Waals surface area contributed by atoms with Gasteiger partial charge in [-0.25, -0.2) is 4.99 Å². The van der Waals surface area contributed by atoms with Gasteiger partial charge < -0.3 is 5.73 Å². The van der Waals surface area contributed by atoms with Crippen molar-refractivity contribution in [1.29, 1.82) is 5.41 Å². The molecule has 0 aromatic heterocycles. The van der Waals surface area contributed by atoms with E-state index in [0.717, 1.165) is 16.4 Å². The van der Waals surface area contributed by atoms with Crippen LogP contribution in [0, 0.1) is 5.41 Å². The summed E-state index contributed by atoms with van der Waals surface area (Å²) < 4.78 is 0.928. The van der Waals surface area contributed by atoms with E-state index in [1.165, 1.54) is 0 Å². The molecule has 0 fully saturated rings. The van der Waals surface area contributed by atoms with Crippen LogP contribution in [-0.2, 0) is 0 Å². The van der Waals surface area contributed by atoms with E-state index in [1.807, 2.05) is 18.2 Å². The standard InChI is InChI=1S/C8H8BrN3/c9-7-3-1-2-6(4-7)8(11)12-5-10/h1-5H,(H3,10,11,12). The molecule has 0 spiro atoms. The monoisotopic (exact) mass is 225 g/mol. The summed E-state index contributed by atoms with van der Waals surface area (Å²) in [6.07, 6.45) is 1.11. The summed E-state index contributed by atoms with van der Waals surface area (Å²) in [6, 6.07) is 7.36. The van der Waals surface area contributed by atoms with Crippen LogP contribution < -0.4 is 5.73 Å². The van der Waals surface area contributed by atoms with Crippen LogP contribution in [-0.4, -0.2) is 12.2 Å². The number of nitrogens with zero attached hydrogens (tertiary/aromatic N) is 1. The third kappa shape index (κ3) is 2.17. The Morgan fingerprint density at radius 1 is 1.58 bits per heavy atom. The Bertz CT molecular complexity index is 320. The number of halogens is 1. The summed E-state index contributed by atoms with van der Waals surface area (Å²) in [4.78, 5) is 3.65. The minimum absolute atomic E-state index is 0.166. The molecule has 12 heavy (non-hydrogen) atoms. The maximum atomic E-state index is 7.43. The van der Waals surface area contributed by atoms with Gasteiger partial charge in [0, 0.05) is 10.0 Å². The summed E-state index contributed by atoms with van der Waals surface area (Å²) in [5.41, 5.74) is 5.80. The van der Waals surface area contributed by atoms with Crippen LogP contribution in [0.5, 0.6) is 0 Å². The first-order chi connectivity index (χ1) is 5.74. The lowest BCUT2D eigenvalue weighted by molar-refractivity contribution is 1.41. The second kappa shape index (κ2) is 4.01. The molecule has 0 aliphatic rings. The normalized spacial score (nSPS) is 10.4. The van der Waals surface area contributed by atoms with Crippen molar-refractivity contribution in [3.63, 3.8) is 0 Å². The molecule has 0 saturated carbocycles. The molecule has 0 atom stereocenters. The fourth-order valence-electron chi connectivity index (χ4n) is 0.785. The van der Waals surface area contributed by atoms with Gasteiger partial charge in [0.05, 0.1) is 6.34 Å². The zero-order valence-electron chi connectivity index (χ0n) is 6.29. The molecular formula is C8H8BrN3. The number of nitrogens with one attached hydrogen (secondary N) is 1. The molecule has 1 aromatic rings. The van der Waals surface area contributed by atoms with Crippen molar-refractivity contribution in [2.24, 2.45) is 10.7 Å². The number of nitrogens with two attached hydrogens (primary N) is 1. The molecule has 3 N–H and O–H groups in total. The van der Waals surface area contributed by atoms with Crippen LogP contribution in [0.15, 0.2) is 33.7 Å². The third-order valence-electron chi connectivity index (χ3n) is 1.30. The number of benzene rings is 1. The minimum Gasteiger partial charge on any atom is -0.390 e. The van der Waals surface area contributed by atoms with E-state index in [1.54, 1.807) is 6.07 Å². The summed E-state index contributed by atoms with van der Waals surface area (Å²) >= 11 is 3.30. The number of hydrogen-bond donors (Lipinski definition) is 2. The molecule has 0 aliphatic carbocycles. The average Bonchev–Trinajstić information content (AvgIpc) is 2.05. The third-order valence-corrected chi connectivity index (χ3v) is 1.79. The van der Waals surface area contributed by atoms with Crippen LogP contribution in [0.4, 0.5) is 0 Å². The molecule has 0 aliphatic heterocycles. The van der Waals surface area contributed by atoms with Crippen molar-refractivity contribution in [2.45, 2.75) is 0 Å². The summed E-state index contributed by atoms with van der Waals surface area (Å²) in [5, 5.41) is 7.43. The molecule has 0 heterocycles. The largest absolute Gasteiger partial charge is 0.390 e. The Labute approximate surface area is 78.9 Å². The summed E-state index contributed by atoms with van der Waals surface area (Å²) in [7, 11) is 0. The molecule has 62 valence electrons. The van der Waals surface area contributed by atoms with E-state index >= 15 is 0 Å². The zero-order chi connectivity index (χ0) is 8.97. The van der Waals surface area contributed by atoms with Gasteiger partial charge in [-0.1, -0.05) is 28.1 Å². The lowest BCUT2D eigenvalue weighted by atomic mass is 10.2. The van der Waals surface area contributed by atoms with E-state index in [0.29, 0.717) is 0 Å². The summed E-state index contributed by atoms with van der Waals surface area (Å²) in [6.45, 7) is 0. The van der Waals surface area contributed by atoms with Crippen molar-refractivity contribution in [1.82, 2.24) is 0 Å². The lowest BCUT2D eigenvalue weighted by Crippen LogP contribution is -1.98. The Hall–Kier alpha value is -1.16. The average molecular weight is 226 g/mol. The Morgan fingerprint density at radius 3 is 2.92 bits per heavy atom. The van der Waals surface area contributed by atoms with E-state index < -0.39 is 0 Å². The quantitative estimate of drug-likeness (QED) is 0.556. The van der Waals surface area contributed by atoms with Crippen LogP contribution in [0.2, 0.25) is 0 Å². The first kappa shape index (κ1) is 8.93. The van der Waals surface area contributed by atoms with Gasteiger partial charge in [0.15, 0.2) is 5.84 Å². The first-order valence-corrected chi connectivity index (χ1v) is 4.12. The zero-order valence-corrected chi connectivity index (χ0v) is 7.88. The number of rotatable bonds is 1. The van der Waals surface area contributed by atoms with Gasteiger partial charge in [-0.3, -0.25) is 5.41 Å². The van der Waals surface area contributed by atoms with E-state index in [4.69, 9.17) is 11.1 Å². The van der Waals surface area contributed by atoms with Crippen molar-refractivity contribution < 1.29 is 0 Å². The first-order valence-electron chi connectivity index (χ1n) is 3.33. The fraction of sp³-hybridized carbons (Fsp3) is 0. The highest BCUT2D eigenvalue weighted by Gasteiger charge is 1.97. The van der Waals surface area contributed by atoms with Gasteiger partial charge in [-0.15, -0.1) is 0 Å². The Kier molecular flexibility index (Phi) is 2.99. The van der Waals surface area contributed by atoms with Crippen molar-refractivity contribution in [2.75, 3.05) is 0 Å². The van der Waals surface area contributed by atoms with Gasteiger partial charge in [0.2, 0.25) is 0 Å². The van der Waals surface area contributed by atoms with Crippen molar-refractivity contribution in [3.8, 4) is 0 Å². The van der Waals surface area contributed by atoms with Gasteiger partial charge in [0.25, 0.3) is 0 Å². The molecule has 0 saturated heterocycles. The highest BCUT2D eigenvalue weighted by molar-refractivity contribution is 9.10. The molecule has 3 nitrogen and oxygen atoms in total. The number of hydrogen-bond acceptors (Lipinski definition) is 1. The summed E-state index contributed by atoms with van der Waals surface area (Å²) in [5.74, 6) is 0.166.